The Labute approximate surface area is 155 Å². The largest absolute Gasteiger partial charge is 0.318 e. The second-order valence-corrected chi connectivity index (χ2v) is 6.23. The average Bonchev–Trinajstić information content (AvgIpc) is 3.01. The third kappa shape index (κ3) is 3.17. The fourth-order valence-corrected chi connectivity index (χ4v) is 3.26. The SMILES string of the molecule is O=C(Nc1ncccc1F)C(c1ccccc1)N1Cc2ccccc2C1=O. The maximum atomic E-state index is 13.9. The van der Waals surface area contributed by atoms with Crippen molar-refractivity contribution in [2.75, 3.05) is 5.32 Å². The molecule has 0 fully saturated rings. The molecule has 0 aliphatic carbocycles. The summed E-state index contributed by atoms with van der Waals surface area (Å²) in [5, 5.41) is 2.51. The number of rotatable bonds is 4. The van der Waals surface area contributed by atoms with Gasteiger partial charge in [-0.1, -0.05) is 48.5 Å². The lowest BCUT2D eigenvalue weighted by atomic mass is 10.0. The molecule has 0 radical (unpaired) electrons. The minimum absolute atomic E-state index is 0.160. The van der Waals surface area contributed by atoms with E-state index >= 15 is 0 Å². The van der Waals surface area contributed by atoms with Crippen LogP contribution < -0.4 is 5.32 Å². The molecule has 6 heteroatoms. The summed E-state index contributed by atoms with van der Waals surface area (Å²) >= 11 is 0. The van der Waals surface area contributed by atoms with Crippen molar-refractivity contribution in [2.45, 2.75) is 12.6 Å². The molecular formula is C21H16FN3O2. The maximum Gasteiger partial charge on any atom is 0.255 e. The van der Waals surface area contributed by atoms with Crippen LogP contribution in [0.3, 0.4) is 0 Å². The van der Waals surface area contributed by atoms with Gasteiger partial charge in [0.15, 0.2) is 11.6 Å². The number of carbonyl (C=O) groups excluding carboxylic acids is 2. The Kier molecular flexibility index (Phi) is 4.38. The summed E-state index contributed by atoms with van der Waals surface area (Å²) in [7, 11) is 0. The lowest BCUT2D eigenvalue weighted by Crippen LogP contribution is -2.37. The van der Waals surface area contributed by atoms with Crippen LogP contribution in [-0.2, 0) is 11.3 Å². The molecule has 1 N–H and O–H groups in total. The number of nitrogens with zero attached hydrogens (tertiary/aromatic N) is 2. The molecule has 5 nitrogen and oxygen atoms in total. The van der Waals surface area contributed by atoms with Crippen molar-refractivity contribution in [1.82, 2.24) is 9.88 Å². The maximum absolute atomic E-state index is 13.9. The van der Waals surface area contributed by atoms with Crippen LogP contribution >= 0.6 is 0 Å². The highest BCUT2D eigenvalue weighted by molar-refractivity contribution is 6.03. The van der Waals surface area contributed by atoms with E-state index in [0.717, 1.165) is 5.56 Å². The third-order valence-electron chi connectivity index (χ3n) is 4.52. The molecule has 0 saturated heterocycles. The molecule has 27 heavy (non-hydrogen) atoms. The van der Waals surface area contributed by atoms with Gasteiger partial charge in [0.25, 0.3) is 11.8 Å². The van der Waals surface area contributed by atoms with Gasteiger partial charge in [0.2, 0.25) is 0 Å². The zero-order chi connectivity index (χ0) is 18.8. The van der Waals surface area contributed by atoms with E-state index in [1.165, 1.54) is 23.2 Å². The fourth-order valence-electron chi connectivity index (χ4n) is 3.26. The van der Waals surface area contributed by atoms with Crippen LogP contribution in [0.1, 0.15) is 27.5 Å². The number of anilines is 1. The van der Waals surface area contributed by atoms with Gasteiger partial charge in [0.05, 0.1) is 0 Å². The topological polar surface area (TPSA) is 62.3 Å². The molecular weight excluding hydrogens is 345 g/mol. The van der Waals surface area contributed by atoms with E-state index in [1.54, 1.807) is 36.4 Å². The molecule has 2 aromatic carbocycles. The number of benzene rings is 2. The number of hydrogen-bond acceptors (Lipinski definition) is 3. The van der Waals surface area contributed by atoms with Gasteiger partial charge in [-0.25, -0.2) is 9.37 Å². The molecule has 1 aromatic heterocycles. The Morgan fingerprint density at radius 1 is 1.04 bits per heavy atom. The third-order valence-corrected chi connectivity index (χ3v) is 4.52. The quantitative estimate of drug-likeness (QED) is 0.773. The molecule has 134 valence electrons. The van der Waals surface area contributed by atoms with E-state index in [4.69, 9.17) is 0 Å². The monoisotopic (exact) mass is 361 g/mol. The van der Waals surface area contributed by atoms with E-state index < -0.39 is 17.8 Å². The summed E-state index contributed by atoms with van der Waals surface area (Å²) < 4.78 is 13.9. The van der Waals surface area contributed by atoms with Crippen LogP contribution in [0.25, 0.3) is 0 Å². The molecule has 2 amide bonds. The highest BCUT2D eigenvalue weighted by atomic mass is 19.1. The summed E-state index contributed by atoms with van der Waals surface area (Å²) in [6, 6.07) is 18.0. The molecule has 2 heterocycles. The van der Waals surface area contributed by atoms with Gasteiger partial charge < -0.3 is 10.2 Å². The first-order valence-corrected chi connectivity index (χ1v) is 8.50. The molecule has 0 spiro atoms. The molecule has 3 aromatic rings. The summed E-state index contributed by atoms with van der Waals surface area (Å²) in [5.74, 6) is -1.53. The number of carbonyl (C=O) groups is 2. The number of nitrogens with one attached hydrogen (secondary N) is 1. The average molecular weight is 361 g/mol. The predicted octanol–water partition coefficient (Wildman–Crippen LogP) is 3.56. The highest BCUT2D eigenvalue weighted by Crippen LogP contribution is 2.32. The zero-order valence-corrected chi connectivity index (χ0v) is 14.3. The lowest BCUT2D eigenvalue weighted by molar-refractivity contribution is -0.120. The van der Waals surface area contributed by atoms with Gasteiger partial charge in [-0.3, -0.25) is 9.59 Å². The molecule has 1 unspecified atom stereocenters. The van der Waals surface area contributed by atoms with Gasteiger partial charge >= 0.3 is 0 Å². The van der Waals surface area contributed by atoms with Crippen LogP contribution in [-0.4, -0.2) is 21.7 Å². The van der Waals surface area contributed by atoms with Crippen LogP contribution in [0.2, 0.25) is 0 Å². The van der Waals surface area contributed by atoms with Gasteiger partial charge in [0, 0.05) is 18.3 Å². The van der Waals surface area contributed by atoms with E-state index in [2.05, 4.69) is 10.3 Å². The van der Waals surface area contributed by atoms with E-state index in [1.807, 2.05) is 18.2 Å². The first kappa shape index (κ1) is 16.9. The van der Waals surface area contributed by atoms with Crippen molar-refractivity contribution in [3.63, 3.8) is 0 Å². The number of pyridine rings is 1. The van der Waals surface area contributed by atoms with Crippen molar-refractivity contribution in [1.29, 1.82) is 0 Å². The number of fused-ring (bicyclic) bond motifs is 1. The van der Waals surface area contributed by atoms with Crippen molar-refractivity contribution >= 4 is 17.6 Å². The summed E-state index contributed by atoms with van der Waals surface area (Å²) in [6.45, 7) is 0.312. The van der Waals surface area contributed by atoms with Gasteiger partial charge in [0.1, 0.15) is 6.04 Å². The molecule has 1 atom stereocenters. The van der Waals surface area contributed by atoms with E-state index in [0.29, 0.717) is 17.7 Å². The van der Waals surface area contributed by atoms with Gasteiger partial charge in [-0.05, 0) is 29.3 Å². The van der Waals surface area contributed by atoms with E-state index in [9.17, 15) is 14.0 Å². The number of halogens is 1. The molecule has 4 rings (SSSR count). The molecule has 1 aliphatic heterocycles. The van der Waals surface area contributed by atoms with E-state index in [-0.39, 0.29) is 11.7 Å². The predicted molar refractivity (Wildman–Crippen MR) is 98.3 cm³/mol. The zero-order valence-electron chi connectivity index (χ0n) is 14.3. The molecule has 0 saturated carbocycles. The number of amides is 2. The van der Waals surface area contributed by atoms with Crippen LogP contribution in [0.4, 0.5) is 10.2 Å². The van der Waals surface area contributed by atoms with Gasteiger partial charge in [-0.2, -0.15) is 0 Å². The first-order chi connectivity index (χ1) is 13.1. The van der Waals surface area contributed by atoms with Crippen LogP contribution in [0.5, 0.6) is 0 Å². The number of aromatic nitrogens is 1. The summed E-state index contributed by atoms with van der Waals surface area (Å²) in [6.07, 6.45) is 1.40. The Hall–Kier alpha value is -3.54. The lowest BCUT2D eigenvalue weighted by Gasteiger charge is -2.27. The highest BCUT2D eigenvalue weighted by Gasteiger charge is 2.37. The van der Waals surface area contributed by atoms with Crippen molar-refractivity contribution in [3.05, 3.63) is 95.4 Å². The summed E-state index contributed by atoms with van der Waals surface area (Å²) in [4.78, 5) is 31.3. The van der Waals surface area contributed by atoms with Crippen LogP contribution in [0, 0.1) is 5.82 Å². The van der Waals surface area contributed by atoms with Crippen molar-refractivity contribution in [2.24, 2.45) is 0 Å². The Balaban J connectivity index is 1.70. The van der Waals surface area contributed by atoms with Crippen molar-refractivity contribution < 1.29 is 14.0 Å². The second kappa shape index (κ2) is 6.99. The molecule has 1 aliphatic rings. The Morgan fingerprint density at radius 2 is 1.78 bits per heavy atom. The first-order valence-electron chi connectivity index (χ1n) is 8.50. The smallest absolute Gasteiger partial charge is 0.255 e. The minimum Gasteiger partial charge on any atom is -0.318 e. The van der Waals surface area contributed by atoms with Gasteiger partial charge in [-0.15, -0.1) is 0 Å². The van der Waals surface area contributed by atoms with Crippen LogP contribution in [0.15, 0.2) is 72.9 Å². The molecule has 0 bridgehead atoms. The standard InChI is InChI=1S/C21H16FN3O2/c22-17-11-6-12-23-19(17)24-20(26)18(14-7-2-1-3-8-14)25-13-15-9-4-5-10-16(15)21(25)27/h1-12,18H,13H2,(H,23,24,26). The van der Waals surface area contributed by atoms with Crippen molar-refractivity contribution in [3.8, 4) is 0 Å². The Bertz CT molecular complexity index is 1010. The Morgan fingerprint density at radius 3 is 2.52 bits per heavy atom. The minimum atomic E-state index is -0.896. The summed E-state index contributed by atoms with van der Waals surface area (Å²) in [5.41, 5.74) is 2.09. The number of hydrogen-bond donors (Lipinski definition) is 1. The normalized spacial score (nSPS) is 14.0. The second-order valence-electron chi connectivity index (χ2n) is 6.23. The fraction of sp³-hybridized carbons (Fsp3) is 0.0952.